The largest absolute Gasteiger partial charge is 0.477 e. The monoisotopic (exact) mass is 273 g/mol. The van der Waals surface area contributed by atoms with E-state index in [9.17, 15) is 9.90 Å². The standard InChI is InChI=1S/C15H15NO2S/c1-2-12-13(15(17)18)19-14(16-12)11-7-9-5-3-4-6-10(9)8-11/h3-6,11H,2,7-8H2,1H3,(H,17,18). The Kier molecular flexibility index (Phi) is 3.11. The number of aryl methyl sites for hydroxylation is 1. The predicted octanol–water partition coefficient (Wildman–Crippen LogP) is 3.29. The van der Waals surface area contributed by atoms with Gasteiger partial charge >= 0.3 is 5.97 Å². The highest BCUT2D eigenvalue weighted by Gasteiger charge is 2.27. The van der Waals surface area contributed by atoms with E-state index in [0.29, 0.717) is 17.2 Å². The zero-order valence-corrected chi connectivity index (χ0v) is 11.5. The molecule has 0 unspecified atom stereocenters. The minimum Gasteiger partial charge on any atom is -0.477 e. The average molecular weight is 273 g/mol. The number of rotatable bonds is 3. The molecular weight excluding hydrogens is 258 g/mol. The molecule has 2 aromatic rings. The number of benzene rings is 1. The topological polar surface area (TPSA) is 50.2 Å². The first kappa shape index (κ1) is 12.4. The average Bonchev–Trinajstić information content (AvgIpc) is 3.02. The Bertz CT molecular complexity index is 608. The smallest absolute Gasteiger partial charge is 0.347 e. The van der Waals surface area contributed by atoms with Crippen LogP contribution in [-0.4, -0.2) is 16.1 Å². The molecule has 0 fully saturated rings. The summed E-state index contributed by atoms with van der Waals surface area (Å²) in [7, 11) is 0. The molecule has 1 N–H and O–H groups in total. The van der Waals surface area contributed by atoms with E-state index in [0.717, 1.165) is 23.5 Å². The van der Waals surface area contributed by atoms with Gasteiger partial charge in [-0.1, -0.05) is 31.2 Å². The van der Waals surface area contributed by atoms with Gasteiger partial charge in [0.2, 0.25) is 0 Å². The highest BCUT2D eigenvalue weighted by Crippen LogP contribution is 2.36. The van der Waals surface area contributed by atoms with Gasteiger partial charge in [0.05, 0.1) is 10.7 Å². The third-order valence-electron chi connectivity index (χ3n) is 3.64. The van der Waals surface area contributed by atoms with Crippen molar-refractivity contribution in [2.24, 2.45) is 0 Å². The number of carbonyl (C=O) groups is 1. The van der Waals surface area contributed by atoms with Crippen LogP contribution in [0.3, 0.4) is 0 Å². The number of hydrogen-bond acceptors (Lipinski definition) is 3. The number of carboxylic acids is 1. The lowest BCUT2D eigenvalue weighted by atomic mass is 10.1. The number of carboxylic acid groups (broad SMARTS) is 1. The van der Waals surface area contributed by atoms with Gasteiger partial charge in [-0.3, -0.25) is 0 Å². The third-order valence-corrected chi connectivity index (χ3v) is 4.89. The lowest BCUT2D eigenvalue weighted by Gasteiger charge is -2.03. The molecular formula is C15H15NO2S. The summed E-state index contributed by atoms with van der Waals surface area (Å²) in [5, 5.41) is 10.2. The van der Waals surface area contributed by atoms with E-state index < -0.39 is 5.97 Å². The fraction of sp³-hybridized carbons (Fsp3) is 0.333. The van der Waals surface area contributed by atoms with Gasteiger partial charge in [0.1, 0.15) is 4.88 Å². The molecule has 4 heteroatoms. The first-order chi connectivity index (χ1) is 9.19. The molecule has 1 heterocycles. The lowest BCUT2D eigenvalue weighted by molar-refractivity contribution is 0.0701. The molecule has 1 aliphatic carbocycles. The summed E-state index contributed by atoms with van der Waals surface area (Å²) < 4.78 is 0. The number of nitrogens with zero attached hydrogens (tertiary/aromatic N) is 1. The van der Waals surface area contributed by atoms with Crippen molar-refractivity contribution in [3.05, 3.63) is 51.0 Å². The van der Waals surface area contributed by atoms with Gasteiger partial charge in [-0.15, -0.1) is 11.3 Å². The normalized spacial score (nSPS) is 14.6. The molecule has 0 atom stereocenters. The Morgan fingerprint density at radius 2 is 2.00 bits per heavy atom. The number of thiazole rings is 1. The molecule has 0 amide bonds. The van der Waals surface area contributed by atoms with Crippen molar-refractivity contribution in [3.63, 3.8) is 0 Å². The number of fused-ring (bicyclic) bond motifs is 1. The maximum Gasteiger partial charge on any atom is 0.347 e. The van der Waals surface area contributed by atoms with Crippen LogP contribution in [0.5, 0.6) is 0 Å². The Hall–Kier alpha value is -1.68. The van der Waals surface area contributed by atoms with Crippen molar-refractivity contribution in [3.8, 4) is 0 Å². The van der Waals surface area contributed by atoms with Crippen LogP contribution < -0.4 is 0 Å². The van der Waals surface area contributed by atoms with Gasteiger partial charge in [0, 0.05) is 5.92 Å². The number of aromatic carboxylic acids is 1. The maximum atomic E-state index is 11.2. The number of aromatic nitrogens is 1. The summed E-state index contributed by atoms with van der Waals surface area (Å²) >= 11 is 1.35. The Balaban J connectivity index is 1.91. The summed E-state index contributed by atoms with van der Waals surface area (Å²) in [6, 6.07) is 8.43. The summed E-state index contributed by atoms with van der Waals surface area (Å²) in [4.78, 5) is 16.2. The van der Waals surface area contributed by atoms with Gasteiger partial charge in [-0.2, -0.15) is 0 Å². The zero-order chi connectivity index (χ0) is 13.4. The molecule has 0 saturated carbocycles. The fourth-order valence-electron chi connectivity index (χ4n) is 2.68. The van der Waals surface area contributed by atoms with Crippen LogP contribution in [-0.2, 0) is 19.3 Å². The van der Waals surface area contributed by atoms with Crippen LogP contribution in [0.15, 0.2) is 24.3 Å². The predicted molar refractivity (Wildman–Crippen MR) is 75.0 cm³/mol. The molecule has 0 aliphatic heterocycles. The van der Waals surface area contributed by atoms with Gasteiger partial charge in [0.25, 0.3) is 0 Å². The molecule has 1 aromatic heterocycles. The fourth-order valence-corrected chi connectivity index (χ4v) is 3.78. The second-order valence-electron chi connectivity index (χ2n) is 4.86. The van der Waals surface area contributed by atoms with Crippen molar-refractivity contribution < 1.29 is 9.90 Å². The molecule has 0 saturated heterocycles. The highest BCUT2D eigenvalue weighted by molar-refractivity contribution is 7.13. The SMILES string of the molecule is CCc1nc(C2Cc3ccccc3C2)sc1C(=O)O. The first-order valence-electron chi connectivity index (χ1n) is 6.48. The van der Waals surface area contributed by atoms with E-state index in [-0.39, 0.29) is 0 Å². The van der Waals surface area contributed by atoms with Crippen LogP contribution in [0.4, 0.5) is 0 Å². The first-order valence-corrected chi connectivity index (χ1v) is 7.30. The Morgan fingerprint density at radius 1 is 1.37 bits per heavy atom. The quantitative estimate of drug-likeness (QED) is 0.933. The Labute approximate surface area is 115 Å². The minimum atomic E-state index is -0.851. The second kappa shape index (κ2) is 4.78. The van der Waals surface area contributed by atoms with E-state index in [2.05, 4.69) is 29.2 Å². The van der Waals surface area contributed by atoms with Gasteiger partial charge in [-0.05, 0) is 30.4 Å². The zero-order valence-electron chi connectivity index (χ0n) is 10.7. The molecule has 0 spiro atoms. The van der Waals surface area contributed by atoms with Crippen LogP contribution in [0.2, 0.25) is 0 Å². The molecule has 19 heavy (non-hydrogen) atoms. The van der Waals surface area contributed by atoms with E-state index >= 15 is 0 Å². The van der Waals surface area contributed by atoms with Crippen LogP contribution in [0.25, 0.3) is 0 Å². The van der Waals surface area contributed by atoms with Crippen LogP contribution >= 0.6 is 11.3 Å². The van der Waals surface area contributed by atoms with Crippen LogP contribution in [0, 0.1) is 0 Å². The maximum absolute atomic E-state index is 11.2. The van der Waals surface area contributed by atoms with Crippen molar-refractivity contribution in [2.45, 2.75) is 32.1 Å². The summed E-state index contributed by atoms with van der Waals surface area (Å²) in [5.74, 6) is -0.503. The van der Waals surface area contributed by atoms with Crippen molar-refractivity contribution in [2.75, 3.05) is 0 Å². The van der Waals surface area contributed by atoms with Gasteiger partial charge in [-0.25, -0.2) is 9.78 Å². The highest BCUT2D eigenvalue weighted by atomic mass is 32.1. The summed E-state index contributed by atoms with van der Waals surface area (Å²) in [6.45, 7) is 1.95. The van der Waals surface area contributed by atoms with Gasteiger partial charge < -0.3 is 5.11 Å². The molecule has 3 rings (SSSR count). The Morgan fingerprint density at radius 3 is 2.47 bits per heavy atom. The minimum absolute atomic E-state index is 0.348. The van der Waals surface area contributed by atoms with E-state index in [1.165, 1.54) is 22.5 Å². The molecule has 1 aliphatic rings. The molecule has 0 bridgehead atoms. The van der Waals surface area contributed by atoms with Crippen molar-refractivity contribution in [1.29, 1.82) is 0 Å². The molecule has 3 nitrogen and oxygen atoms in total. The molecule has 98 valence electrons. The molecule has 1 aromatic carbocycles. The van der Waals surface area contributed by atoms with Crippen molar-refractivity contribution >= 4 is 17.3 Å². The van der Waals surface area contributed by atoms with E-state index in [1.54, 1.807) is 0 Å². The van der Waals surface area contributed by atoms with Crippen molar-refractivity contribution in [1.82, 2.24) is 4.98 Å². The van der Waals surface area contributed by atoms with Crippen LogP contribution in [0.1, 0.15) is 44.3 Å². The van der Waals surface area contributed by atoms with E-state index in [4.69, 9.17) is 0 Å². The molecule has 0 radical (unpaired) electrons. The third kappa shape index (κ3) is 2.16. The number of hydrogen-bond donors (Lipinski definition) is 1. The van der Waals surface area contributed by atoms with Gasteiger partial charge in [0.15, 0.2) is 0 Å². The van der Waals surface area contributed by atoms with E-state index in [1.807, 2.05) is 6.92 Å². The summed E-state index contributed by atoms with van der Waals surface area (Å²) in [6.07, 6.45) is 2.63. The second-order valence-corrected chi connectivity index (χ2v) is 5.89. The summed E-state index contributed by atoms with van der Waals surface area (Å²) in [5.41, 5.74) is 3.47. The lowest BCUT2D eigenvalue weighted by Crippen LogP contribution is -1.98.